The topological polar surface area (TPSA) is 12.9 Å². The quantitative estimate of drug-likeness (QED) is 0.595. The Kier molecular flexibility index (Phi) is 3.52. The fourth-order valence-corrected chi connectivity index (χ4v) is 0.899. The monoisotopic (exact) mass is 173 g/mol. The van der Waals surface area contributed by atoms with Crippen molar-refractivity contribution in [3.63, 3.8) is 0 Å². The van der Waals surface area contributed by atoms with Crippen LogP contribution in [-0.2, 0) is 0 Å². The van der Waals surface area contributed by atoms with Crippen LogP contribution in [0.3, 0.4) is 0 Å². The lowest BCUT2D eigenvalue weighted by Gasteiger charge is -1.93. The summed E-state index contributed by atoms with van der Waals surface area (Å²) in [4.78, 5) is 4.17. The van der Waals surface area contributed by atoms with E-state index in [9.17, 15) is 0 Å². The van der Waals surface area contributed by atoms with Crippen LogP contribution in [0.1, 0.15) is 31.5 Å². The van der Waals surface area contributed by atoms with Gasteiger partial charge in [0.1, 0.15) is 0 Å². The molecule has 0 aliphatic rings. The van der Waals surface area contributed by atoms with E-state index in [1.165, 1.54) is 0 Å². The fourth-order valence-electron chi connectivity index (χ4n) is 0.899. The molecule has 0 unspecified atom stereocenters. The molecule has 0 fully saturated rings. The minimum absolute atomic E-state index is 0.644. The van der Waals surface area contributed by atoms with Crippen LogP contribution in [0.5, 0.6) is 0 Å². The molecule has 0 saturated heterocycles. The van der Waals surface area contributed by atoms with Gasteiger partial charge in [0.2, 0.25) is 0 Å². The van der Waals surface area contributed by atoms with E-state index >= 15 is 0 Å². The minimum Gasteiger partial charge on any atom is -0.260 e. The maximum Gasteiger partial charge on any atom is 0.0428 e. The van der Waals surface area contributed by atoms with Crippen molar-refractivity contribution in [1.29, 1.82) is 0 Å². The predicted octanol–water partition coefficient (Wildman–Crippen LogP) is 2.79. The molecule has 0 aromatic carbocycles. The Labute approximate surface area is 80.2 Å². The summed E-state index contributed by atoms with van der Waals surface area (Å²) < 4.78 is 0. The van der Waals surface area contributed by atoms with E-state index in [2.05, 4.69) is 30.7 Å². The van der Waals surface area contributed by atoms with Crippen molar-refractivity contribution in [2.24, 2.45) is 5.92 Å². The van der Waals surface area contributed by atoms with E-state index in [1.54, 1.807) is 0 Å². The van der Waals surface area contributed by atoms with Crippen LogP contribution in [0.2, 0.25) is 0 Å². The van der Waals surface area contributed by atoms with Crippen LogP contribution in [0.15, 0.2) is 18.3 Å². The number of aromatic nitrogens is 1. The maximum absolute atomic E-state index is 4.17. The first-order valence-corrected chi connectivity index (χ1v) is 4.60. The van der Waals surface area contributed by atoms with Crippen LogP contribution < -0.4 is 0 Å². The zero-order valence-electron chi connectivity index (χ0n) is 8.46. The van der Waals surface area contributed by atoms with Gasteiger partial charge in [0.25, 0.3) is 0 Å². The molecule has 1 nitrogen and oxygen atoms in total. The maximum atomic E-state index is 4.17. The fraction of sp³-hybridized carbons (Fsp3) is 0.417. The number of hydrogen-bond acceptors (Lipinski definition) is 1. The molecule has 0 saturated carbocycles. The summed E-state index contributed by atoms with van der Waals surface area (Å²) in [5.41, 5.74) is 2.04. The molecule has 0 atom stereocenters. The van der Waals surface area contributed by atoms with E-state index < -0.39 is 0 Å². The van der Waals surface area contributed by atoms with Crippen molar-refractivity contribution in [2.45, 2.75) is 27.2 Å². The van der Waals surface area contributed by atoms with Crippen LogP contribution in [0, 0.1) is 24.7 Å². The van der Waals surface area contributed by atoms with Crippen molar-refractivity contribution < 1.29 is 0 Å². The second kappa shape index (κ2) is 4.67. The van der Waals surface area contributed by atoms with Gasteiger partial charge in [-0.25, -0.2) is 0 Å². The molecule has 0 N–H and O–H groups in total. The molecule has 0 amide bonds. The zero-order valence-corrected chi connectivity index (χ0v) is 8.46. The highest BCUT2D eigenvalue weighted by atomic mass is 14.6. The lowest BCUT2D eigenvalue weighted by Crippen LogP contribution is -1.84. The predicted molar refractivity (Wildman–Crippen MR) is 55.3 cm³/mol. The molecule has 1 heteroatoms. The van der Waals surface area contributed by atoms with Gasteiger partial charge in [-0.15, -0.1) is 0 Å². The molecule has 1 heterocycles. The first-order chi connectivity index (χ1) is 6.18. The Bertz CT molecular complexity index is 311. The summed E-state index contributed by atoms with van der Waals surface area (Å²) in [7, 11) is 0. The minimum atomic E-state index is 0.644. The Morgan fingerprint density at radius 1 is 1.38 bits per heavy atom. The average Bonchev–Trinajstić information content (AvgIpc) is 2.08. The summed E-state index contributed by atoms with van der Waals surface area (Å²) in [5, 5.41) is 0. The first-order valence-electron chi connectivity index (χ1n) is 4.60. The molecular weight excluding hydrogens is 158 g/mol. The van der Waals surface area contributed by atoms with E-state index in [1.807, 2.05) is 25.3 Å². The summed E-state index contributed by atoms with van der Waals surface area (Å²) in [6, 6.07) is 4.00. The van der Waals surface area contributed by atoms with E-state index in [4.69, 9.17) is 0 Å². The van der Waals surface area contributed by atoms with Gasteiger partial charge in [0.15, 0.2) is 0 Å². The van der Waals surface area contributed by atoms with Crippen molar-refractivity contribution in [3.05, 3.63) is 29.6 Å². The highest BCUT2D eigenvalue weighted by Gasteiger charge is 1.88. The molecule has 0 radical (unpaired) electrons. The van der Waals surface area contributed by atoms with Gasteiger partial charge < -0.3 is 0 Å². The highest BCUT2D eigenvalue weighted by molar-refractivity contribution is 5.32. The van der Waals surface area contributed by atoms with E-state index in [-0.39, 0.29) is 0 Å². The summed E-state index contributed by atoms with van der Waals surface area (Å²) in [6.07, 6.45) is 2.77. The molecule has 0 spiro atoms. The highest BCUT2D eigenvalue weighted by Crippen LogP contribution is 1.99. The molecule has 1 rings (SSSR count). The molecule has 13 heavy (non-hydrogen) atoms. The Hall–Kier alpha value is -1.29. The van der Waals surface area contributed by atoms with Gasteiger partial charge >= 0.3 is 0 Å². The second-order valence-electron chi connectivity index (χ2n) is 3.59. The van der Waals surface area contributed by atoms with Crippen LogP contribution >= 0.6 is 0 Å². The van der Waals surface area contributed by atoms with Gasteiger partial charge in [0, 0.05) is 23.9 Å². The lowest BCUT2D eigenvalue weighted by molar-refractivity contribution is 0.676. The van der Waals surface area contributed by atoms with E-state index in [0.29, 0.717) is 5.92 Å². The van der Waals surface area contributed by atoms with Gasteiger partial charge in [-0.3, -0.25) is 4.98 Å². The third-order valence-corrected chi connectivity index (χ3v) is 1.65. The molecule has 1 aromatic heterocycles. The standard InChI is InChI=1S/C12H15N/c1-10(2)5-4-6-12-8-7-11(3)13-9-12/h7-10H,5H2,1-3H3. The normalized spacial score (nSPS) is 9.54. The SMILES string of the molecule is Cc1ccc(C#CCC(C)C)cn1. The van der Waals surface area contributed by atoms with Crippen LogP contribution in [-0.4, -0.2) is 4.98 Å². The number of hydrogen-bond donors (Lipinski definition) is 0. The van der Waals surface area contributed by atoms with E-state index in [0.717, 1.165) is 17.7 Å². The number of aryl methyl sites for hydroxylation is 1. The lowest BCUT2D eigenvalue weighted by atomic mass is 10.1. The number of rotatable bonds is 1. The van der Waals surface area contributed by atoms with Crippen molar-refractivity contribution in [1.82, 2.24) is 4.98 Å². The van der Waals surface area contributed by atoms with Gasteiger partial charge in [0.05, 0.1) is 0 Å². The van der Waals surface area contributed by atoms with Crippen LogP contribution in [0.4, 0.5) is 0 Å². The van der Waals surface area contributed by atoms with Crippen LogP contribution in [0.25, 0.3) is 0 Å². The number of pyridine rings is 1. The Morgan fingerprint density at radius 3 is 2.69 bits per heavy atom. The zero-order chi connectivity index (χ0) is 9.68. The number of nitrogens with zero attached hydrogens (tertiary/aromatic N) is 1. The molecule has 0 bridgehead atoms. The molecule has 0 aliphatic heterocycles. The first kappa shape index (κ1) is 9.80. The summed E-state index contributed by atoms with van der Waals surface area (Å²) in [6.45, 7) is 6.31. The van der Waals surface area contributed by atoms with Crippen molar-refractivity contribution in [2.75, 3.05) is 0 Å². The molecule has 1 aromatic rings. The molecule has 68 valence electrons. The Balaban J connectivity index is 2.62. The van der Waals surface area contributed by atoms with Gasteiger partial charge in [-0.05, 0) is 25.0 Å². The largest absolute Gasteiger partial charge is 0.260 e. The van der Waals surface area contributed by atoms with Gasteiger partial charge in [-0.1, -0.05) is 25.7 Å². The third-order valence-electron chi connectivity index (χ3n) is 1.65. The van der Waals surface area contributed by atoms with Crippen molar-refractivity contribution in [3.8, 4) is 11.8 Å². The van der Waals surface area contributed by atoms with Crippen molar-refractivity contribution >= 4 is 0 Å². The average molecular weight is 173 g/mol. The third kappa shape index (κ3) is 3.75. The summed E-state index contributed by atoms with van der Waals surface area (Å²) in [5.74, 6) is 6.87. The summed E-state index contributed by atoms with van der Waals surface area (Å²) >= 11 is 0. The second-order valence-corrected chi connectivity index (χ2v) is 3.59. The smallest absolute Gasteiger partial charge is 0.0428 e. The van der Waals surface area contributed by atoms with Gasteiger partial charge in [-0.2, -0.15) is 0 Å². The molecule has 0 aliphatic carbocycles. The Morgan fingerprint density at radius 2 is 2.15 bits per heavy atom. The molecular formula is C12H15N.